The summed E-state index contributed by atoms with van der Waals surface area (Å²) in [5.74, 6) is 1.47. The average molecular weight is 254 g/mol. The van der Waals surface area contributed by atoms with Crippen LogP contribution in [0.15, 0.2) is 36.5 Å². The number of nitriles is 1. The molecule has 0 amide bonds. The third kappa shape index (κ3) is 2.83. The second-order valence-corrected chi connectivity index (χ2v) is 3.91. The van der Waals surface area contributed by atoms with Crippen molar-refractivity contribution >= 4 is 0 Å². The van der Waals surface area contributed by atoms with Crippen LogP contribution in [-0.4, -0.2) is 12.1 Å². The third-order valence-electron chi connectivity index (χ3n) is 2.73. The molecule has 0 spiro atoms. The number of rotatable bonds is 4. The van der Waals surface area contributed by atoms with Crippen molar-refractivity contribution in [3.63, 3.8) is 0 Å². The number of benzene rings is 1. The van der Waals surface area contributed by atoms with Gasteiger partial charge in [-0.15, -0.1) is 0 Å². The Bertz CT molecular complexity index is 618. The van der Waals surface area contributed by atoms with Gasteiger partial charge in [0.2, 0.25) is 5.88 Å². The lowest BCUT2D eigenvalue weighted by Crippen LogP contribution is -1.95. The van der Waals surface area contributed by atoms with Gasteiger partial charge in [-0.25, -0.2) is 4.98 Å². The summed E-state index contributed by atoms with van der Waals surface area (Å²) >= 11 is 0. The first-order valence-corrected chi connectivity index (χ1v) is 5.98. The van der Waals surface area contributed by atoms with E-state index in [1.165, 1.54) is 0 Å². The number of ether oxygens (including phenoxy) is 2. The molecule has 0 unspecified atom stereocenters. The smallest absolute Gasteiger partial charge is 0.237 e. The van der Waals surface area contributed by atoms with E-state index in [-0.39, 0.29) is 5.88 Å². The minimum Gasteiger partial charge on any atom is -0.493 e. The predicted octanol–water partition coefficient (Wildman–Crippen LogP) is 3.32. The molecule has 0 N–H and O–H groups in total. The molecule has 0 aliphatic carbocycles. The summed E-state index contributed by atoms with van der Waals surface area (Å²) in [5.41, 5.74) is 1.55. The fourth-order valence-corrected chi connectivity index (χ4v) is 1.68. The Morgan fingerprint density at radius 1 is 1.26 bits per heavy atom. The van der Waals surface area contributed by atoms with Crippen LogP contribution in [0.1, 0.15) is 18.1 Å². The summed E-state index contributed by atoms with van der Waals surface area (Å²) < 4.78 is 11.0. The first kappa shape index (κ1) is 12.9. The van der Waals surface area contributed by atoms with Crippen molar-refractivity contribution in [1.29, 1.82) is 5.26 Å². The maximum absolute atomic E-state index is 9.00. The molecule has 0 bridgehead atoms. The van der Waals surface area contributed by atoms with Gasteiger partial charge in [0.1, 0.15) is 11.6 Å². The molecular formula is C15H14N2O2. The number of aryl methyl sites for hydroxylation is 1. The van der Waals surface area contributed by atoms with Gasteiger partial charge in [0.25, 0.3) is 0 Å². The second kappa shape index (κ2) is 5.87. The van der Waals surface area contributed by atoms with Crippen LogP contribution in [0.2, 0.25) is 0 Å². The summed E-state index contributed by atoms with van der Waals surface area (Å²) in [7, 11) is 1.59. The van der Waals surface area contributed by atoms with Gasteiger partial charge in [-0.3, -0.25) is 0 Å². The minimum absolute atomic E-state index is 0.285. The van der Waals surface area contributed by atoms with Gasteiger partial charge in [-0.1, -0.05) is 13.0 Å². The summed E-state index contributed by atoms with van der Waals surface area (Å²) in [6.07, 6.45) is 2.51. The number of methoxy groups -OCH3 is 1. The van der Waals surface area contributed by atoms with E-state index >= 15 is 0 Å². The first-order chi connectivity index (χ1) is 9.28. The molecule has 19 heavy (non-hydrogen) atoms. The van der Waals surface area contributed by atoms with Crippen LogP contribution in [0.25, 0.3) is 0 Å². The van der Waals surface area contributed by atoms with Crippen molar-refractivity contribution in [2.45, 2.75) is 13.3 Å². The lowest BCUT2D eigenvalue weighted by Gasteiger charge is -2.11. The van der Waals surface area contributed by atoms with E-state index in [4.69, 9.17) is 14.7 Å². The molecule has 0 radical (unpaired) electrons. The van der Waals surface area contributed by atoms with Crippen LogP contribution < -0.4 is 9.47 Å². The largest absolute Gasteiger partial charge is 0.493 e. The van der Waals surface area contributed by atoms with Crippen molar-refractivity contribution in [2.75, 3.05) is 7.11 Å². The maximum atomic E-state index is 9.00. The molecule has 2 rings (SSSR count). The molecule has 1 aromatic heterocycles. The molecule has 4 heteroatoms. The monoisotopic (exact) mass is 254 g/mol. The van der Waals surface area contributed by atoms with E-state index in [9.17, 15) is 0 Å². The van der Waals surface area contributed by atoms with E-state index in [1.54, 1.807) is 25.4 Å². The predicted molar refractivity (Wildman–Crippen MR) is 71.4 cm³/mol. The SMILES string of the molecule is CCc1ccc(Oc2ncccc2C#N)c(OC)c1. The molecule has 1 heterocycles. The van der Waals surface area contributed by atoms with Crippen LogP contribution in [0, 0.1) is 11.3 Å². The van der Waals surface area contributed by atoms with Gasteiger partial charge in [0.05, 0.1) is 7.11 Å². The summed E-state index contributed by atoms with van der Waals surface area (Å²) in [4.78, 5) is 4.06. The highest BCUT2D eigenvalue weighted by Crippen LogP contribution is 2.32. The van der Waals surface area contributed by atoms with Crippen LogP contribution in [-0.2, 0) is 6.42 Å². The van der Waals surface area contributed by atoms with E-state index in [2.05, 4.69) is 11.9 Å². The Kier molecular flexibility index (Phi) is 3.99. The quantitative estimate of drug-likeness (QED) is 0.839. The molecule has 0 aliphatic rings. The summed E-state index contributed by atoms with van der Waals surface area (Å²) in [6.45, 7) is 2.07. The fourth-order valence-electron chi connectivity index (χ4n) is 1.68. The normalized spacial score (nSPS) is 9.74. The second-order valence-electron chi connectivity index (χ2n) is 3.91. The lowest BCUT2D eigenvalue weighted by atomic mass is 10.1. The van der Waals surface area contributed by atoms with Gasteiger partial charge < -0.3 is 9.47 Å². The summed E-state index contributed by atoms with van der Waals surface area (Å²) in [5, 5.41) is 9.00. The lowest BCUT2D eigenvalue weighted by molar-refractivity contribution is 0.373. The van der Waals surface area contributed by atoms with Crippen LogP contribution in [0.5, 0.6) is 17.4 Å². The van der Waals surface area contributed by atoms with Gasteiger partial charge >= 0.3 is 0 Å². The van der Waals surface area contributed by atoms with Crippen LogP contribution >= 0.6 is 0 Å². The fraction of sp³-hybridized carbons (Fsp3) is 0.200. The minimum atomic E-state index is 0.285. The molecule has 96 valence electrons. The van der Waals surface area contributed by atoms with Crippen molar-refractivity contribution in [3.8, 4) is 23.4 Å². The topological polar surface area (TPSA) is 55.1 Å². The zero-order valence-electron chi connectivity index (χ0n) is 10.9. The third-order valence-corrected chi connectivity index (χ3v) is 2.73. The van der Waals surface area contributed by atoms with E-state index < -0.39 is 0 Å². The van der Waals surface area contributed by atoms with Gasteiger partial charge in [-0.05, 0) is 36.2 Å². The zero-order chi connectivity index (χ0) is 13.7. The van der Waals surface area contributed by atoms with E-state index in [1.807, 2.05) is 24.3 Å². The Hall–Kier alpha value is -2.54. The average Bonchev–Trinajstić information content (AvgIpc) is 2.48. The van der Waals surface area contributed by atoms with Crippen molar-refractivity contribution in [2.24, 2.45) is 0 Å². The number of hydrogen-bond acceptors (Lipinski definition) is 4. The molecule has 0 aliphatic heterocycles. The molecular weight excluding hydrogens is 240 g/mol. The van der Waals surface area contributed by atoms with Crippen molar-refractivity contribution < 1.29 is 9.47 Å². The van der Waals surface area contributed by atoms with Crippen molar-refractivity contribution in [1.82, 2.24) is 4.98 Å². The van der Waals surface area contributed by atoms with Crippen LogP contribution in [0.3, 0.4) is 0 Å². The van der Waals surface area contributed by atoms with Gasteiger partial charge in [0.15, 0.2) is 11.5 Å². The number of pyridine rings is 1. The highest BCUT2D eigenvalue weighted by atomic mass is 16.5. The van der Waals surface area contributed by atoms with Crippen LogP contribution in [0.4, 0.5) is 0 Å². The first-order valence-electron chi connectivity index (χ1n) is 5.98. The maximum Gasteiger partial charge on any atom is 0.237 e. The molecule has 4 nitrogen and oxygen atoms in total. The molecule has 1 aromatic carbocycles. The molecule has 2 aromatic rings. The molecule has 0 atom stereocenters. The highest BCUT2D eigenvalue weighted by Gasteiger charge is 2.10. The highest BCUT2D eigenvalue weighted by molar-refractivity contribution is 5.47. The Morgan fingerprint density at radius 3 is 2.79 bits per heavy atom. The Morgan fingerprint density at radius 2 is 2.11 bits per heavy atom. The number of aromatic nitrogens is 1. The van der Waals surface area contributed by atoms with E-state index in [0.717, 1.165) is 12.0 Å². The molecule has 0 fully saturated rings. The van der Waals surface area contributed by atoms with E-state index in [0.29, 0.717) is 17.1 Å². The van der Waals surface area contributed by atoms with Crippen molar-refractivity contribution in [3.05, 3.63) is 47.7 Å². The van der Waals surface area contributed by atoms with Gasteiger partial charge in [-0.2, -0.15) is 5.26 Å². The number of hydrogen-bond donors (Lipinski definition) is 0. The Labute approximate surface area is 112 Å². The Balaban J connectivity index is 2.36. The number of nitrogens with zero attached hydrogens (tertiary/aromatic N) is 2. The standard InChI is InChI=1S/C15H14N2O2/c1-3-11-6-7-13(14(9-11)18-2)19-15-12(10-16)5-4-8-17-15/h4-9H,3H2,1-2H3. The molecule has 0 saturated heterocycles. The zero-order valence-corrected chi connectivity index (χ0v) is 10.9. The summed E-state index contributed by atoms with van der Waals surface area (Å²) in [6, 6.07) is 11.1. The van der Waals surface area contributed by atoms with Gasteiger partial charge in [0, 0.05) is 6.20 Å². The molecule has 0 saturated carbocycles.